The van der Waals surface area contributed by atoms with Crippen molar-refractivity contribution in [2.45, 2.75) is 36.7 Å². The Hall–Kier alpha value is -1.85. The van der Waals surface area contributed by atoms with Crippen LogP contribution < -0.4 is 4.74 Å². The van der Waals surface area contributed by atoms with Crippen molar-refractivity contribution in [2.24, 2.45) is 0 Å². The normalized spacial score (nSPS) is 18.9. The summed E-state index contributed by atoms with van der Waals surface area (Å²) in [4.78, 5) is 2.85. The number of methoxy groups -OCH3 is 1. The molecule has 0 aliphatic carbocycles. The summed E-state index contributed by atoms with van der Waals surface area (Å²) >= 11 is 0. The van der Waals surface area contributed by atoms with Crippen LogP contribution >= 0.6 is 0 Å². The van der Waals surface area contributed by atoms with Crippen molar-refractivity contribution in [3.05, 3.63) is 59.7 Å². The lowest BCUT2D eigenvalue weighted by Crippen LogP contribution is -2.32. The van der Waals surface area contributed by atoms with Gasteiger partial charge in [-0.15, -0.1) is 0 Å². The fourth-order valence-corrected chi connectivity index (χ4v) is 4.11. The zero-order valence-electron chi connectivity index (χ0n) is 14.8. The Bertz CT molecular complexity index is 815. The van der Waals surface area contributed by atoms with Crippen LogP contribution in [0.3, 0.4) is 0 Å². The maximum absolute atomic E-state index is 11.6. The Morgan fingerprint density at radius 1 is 1.12 bits per heavy atom. The molecule has 0 unspecified atom stereocenters. The van der Waals surface area contributed by atoms with Gasteiger partial charge in [-0.1, -0.05) is 30.7 Å². The van der Waals surface area contributed by atoms with Gasteiger partial charge >= 0.3 is 0 Å². The van der Waals surface area contributed by atoms with Crippen LogP contribution in [0.4, 0.5) is 0 Å². The molecule has 0 amide bonds. The molecule has 0 saturated carbocycles. The molecule has 3 rings (SSSR count). The first-order chi connectivity index (χ1) is 12.0. The van der Waals surface area contributed by atoms with Gasteiger partial charge in [0.05, 0.1) is 12.0 Å². The summed E-state index contributed by atoms with van der Waals surface area (Å²) in [5.74, 6) is 0.889. The van der Waals surface area contributed by atoms with E-state index in [0.717, 1.165) is 30.8 Å². The molecule has 1 saturated heterocycles. The quantitative estimate of drug-likeness (QED) is 0.814. The van der Waals surface area contributed by atoms with Crippen LogP contribution in [-0.4, -0.2) is 33.2 Å². The van der Waals surface area contributed by atoms with Crippen molar-refractivity contribution in [3.8, 4) is 5.75 Å². The Balaban J connectivity index is 1.79. The molecule has 1 aliphatic heterocycles. The Morgan fingerprint density at radius 2 is 1.88 bits per heavy atom. The third-order valence-corrected chi connectivity index (χ3v) is 5.96. The lowest BCUT2D eigenvalue weighted by atomic mass is 9.94. The first-order valence-corrected chi connectivity index (χ1v) is 10.5. The number of rotatable bonds is 5. The molecular formula is C20H25NO3S. The van der Waals surface area contributed by atoms with E-state index in [9.17, 15) is 8.42 Å². The third kappa shape index (κ3) is 4.41. The molecule has 5 heteroatoms. The van der Waals surface area contributed by atoms with Crippen LogP contribution in [0, 0.1) is 0 Å². The van der Waals surface area contributed by atoms with Crippen LogP contribution in [0.5, 0.6) is 5.75 Å². The van der Waals surface area contributed by atoms with Gasteiger partial charge in [-0.2, -0.15) is 0 Å². The topological polar surface area (TPSA) is 46.6 Å². The molecule has 1 atom stereocenters. The number of piperidine rings is 1. The van der Waals surface area contributed by atoms with Crippen LogP contribution in [0.15, 0.2) is 53.4 Å². The van der Waals surface area contributed by atoms with Crippen molar-refractivity contribution in [2.75, 3.05) is 19.9 Å². The molecule has 1 fully saturated rings. The van der Waals surface area contributed by atoms with E-state index in [-0.39, 0.29) is 0 Å². The van der Waals surface area contributed by atoms with Crippen molar-refractivity contribution in [1.82, 2.24) is 4.90 Å². The largest absolute Gasteiger partial charge is 0.497 e. The average molecular weight is 359 g/mol. The summed E-state index contributed by atoms with van der Waals surface area (Å²) in [5, 5.41) is 0. The van der Waals surface area contributed by atoms with Gasteiger partial charge in [0.2, 0.25) is 0 Å². The van der Waals surface area contributed by atoms with Gasteiger partial charge < -0.3 is 4.74 Å². The second kappa shape index (κ2) is 7.58. The molecule has 2 aromatic carbocycles. The Labute approximate surface area is 150 Å². The van der Waals surface area contributed by atoms with E-state index in [1.165, 1.54) is 24.7 Å². The van der Waals surface area contributed by atoms with Crippen LogP contribution in [0.1, 0.15) is 36.4 Å². The molecule has 1 aliphatic rings. The molecule has 134 valence electrons. The maximum Gasteiger partial charge on any atom is 0.175 e. The number of likely N-dealkylation sites (tertiary alicyclic amines) is 1. The molecule has 0 aromatic heterocycles. The molecule has 4 nitrogen and oxygen atoms in total. The zero-order valence-corrected chi connectivity index (χ0v) is 15.6. The molecular weight excluding hydrogens is 334 g/mol. The highest BCUT2D eigenvalue weighted by atomic mass is 32.2. The number of hydrogen-bond donors (Lipinski definition) is 0. The number of nitrogens with zero attached hydrogens (tertiary/aromatic N) is 1. The predicted molar refractivity (Wildman–Crippen MR) is 99.5 cm³/mol. The Kier molecular flexibility index (Phi) is 5.45. The van der Waals surface area contributed by atoms with Gasteiger partial charge in [0, 0.05) is 18.8 Å². The number of sulfone groups is 1. The number of hydrogen-bond acceptors (Lipinski definition) is 4. The fourth-order valence-electron chi connectivity index (χ4n) is 3.48. The van der Waals surface area contributed by atoms with Crippen molar-refractivity contribution in [1.29, 1.82) is 0 Å². The first kappa shape index (κ1) is 18.0. The van der Waals surface area contributed by atoms with Crippen molar-refractivity contribution < 1.29 is 13.2 Å². The minimum absolute atomic E-state index is 0.374. The first-order valence-electron chi connectivity index (χ1n) is 8.64. The summed E-state index contributed by atoms with van der Waals surface area (Å²) in [5.41, 5.74) is 2.43. The molecule has 0 bridgehead atoms. The highest BCUT2D eigenvalue weighted by Crippen LogP contribution is 2.33. The third-order valence-electron chi connectivity index (χ3n) is 4.83. The summed E-state index contributed by atoms with van der Waals surface area (Å²) in [7, 11) is -1.45. The highest BCUT2D eigenvalue weighted by Gasteiger charge is 2.24. The molecule has 0 N–H and O–H groups in total. The van der Waals surface area contributed by atoms with Crippen molar-refractivity contribution >= 4 is 9.84 Å². The second-order valence-electron chi connectivity index (χ2n) is 6.67. The summed E-state index contributed by atoms with van der Waals surface area (Å²) in [6.07, 6.45) is 4.80. The lowest BCUT2D eigenvalue weighted by molar-refractivity contribution is 0.140. The molecule has 1 heterocycles. The Morgan fingerprint density at radius 3 is 2.56 bits per heavy atom. The van der Waals surface area contributed by atoms with Gasteiger partial charge in [0.25, 0.3) is 0 Å². The van der Waals surface area contributed by atoms with Crippen molar-refractivity contribution in [3.63, 3.8) is 0 Å². The predicted octanol–water partition coefficient (Wildman–Crippen LogP) is 3.83. The number of ether oxygens (including phenoxy) is 1. The van der Waals surface area contributed by atoms with E-state index in [0.29, 0.717) is 10.9 Å². The molecule has 25 heavy (non-hydrogen) atoms. The van der Waals surface area contributed by atoms with Gasteiger partial charge in [-0.05, 0) is 54.8 Å². The van der Waals surface area contributed by atoms with Gasteiger partial charge in [0.1, 0.15) is 5.75 Å². The van der Waals surface area contributed by atoms with Gasteiger partial charge in [0.15, 0.2) is 9.84 Å². The highest BCUT2D eigenvalue weighted by molar-refractivity contribution is 7.90. The van der Waals surface area contributed by atoms with Crippen LogP contribution in [-0.2, 0) is 16.4 Å². The van der Waals surface area contributed by atoms with E-state index < -0.39 is 9.84 Å². The second-order valence-corrected chi connectivity index (χ2v) is 8.69. The molecule has 0 radical (unpaired) electrons. The summed E-state index contributed by atoms with van der Waals surface area (Å²) in [6, 6.07) is 15.9. The molecule has 2 aromatic rings. The van der Waals surface area contributed by atoms with E-state index >= 15 is 0 Å². The lowest BCUT2D eigenvalue weighted by Gasteiger charge is -2.36. The van der Waals surface area contributed by atoms with E-state index in [1.807, 2.05) is 24.3 Å². The van der Waals surface area contributed by atoms with Crippen LogP contribution in [0.2, 0.25) is 0 Å². The fraction of sp³-hybridized carbons (Fsp3) is 0.400. The summed E-state index contributed by atoms with van der Waals surface area (Å²) < 4.78 is 28.6. The molecule has 0 spiro atoms. The van der Waals surface area contributed by atoms with E-state index in [2.05, 4.69) is 17.0 Å². The minimum atomic E-state index is -3.14. The SMILES string of the molecule is COc1cccc([C@H]2CCCCN2Cc2ccc(S(C)(=O)=O)cc2)c1. The van der Waals surface area contributed by atoms with E-state index in [4.69, 9.17) is 4.74 Å². The summed E-state index contributed by atoms with van der Waals surface area (Å²) in [6.45, 7) is 1.88. The average Bonchev–Trinajstić information content (AvgIpc) is 2.62. The van der Waals surface area contributed by atoms with Gasteiger partial charge in [-0.25, -0.2) is 8.42 Å². The van der Waals surface area contributed by atoms with E-state index in [1.54, 1.807) is 19.2 Å². The number of benzene rings is 2. The van der Waals surface area contributed by atoms with Crippen LogP contribution in [0.25, 0.3) is 0 Å². The zero-order chi connectivity index (χ0) is 17.9. The monoisotopic (exact) mass is 359 g/mol. The minimum Gasteiger partial charge on any atom is -0.497 e. The smallest absolute Gasteiger partial charge is 0.175 e. The standard InChI is InChI=1S/C20H25NO3S/c1-24-18-7-5-6-17(14-18)20-8-3-4-13-21(20)15-16-9-11-19(12-10-16)25(2,22)23/h5-7,9-12,14,20H,3-4,8,13,15H2,1-2H3/t20-/m1/s1. The van der Waals surface area contributed by atoms with Gasteiger partial charge in [-0.3, -0.25) is 4.90 Å². The maximum atomic E-state index is 11.6.